The molecule has 3 heterocycles. The van der Waals surface area contributed by atoms with Gasteiger partial charge >= 0.3 is 0 Å². The number of fused-ring (bicyclic) bond motifs is 1. The molecule has 3 N–H and O–H groups in total. The van der Waals surface area contributed by atoms with Crippen molar-refractivity contribution in [3.05, 3.63) is 66.4 Å². The van der Waals surface area contributed by atoms with E-state index in [0.717, 1.165) is 34.1 Å². The molecule has 0 aliphatic carbocycles. The summed E-state index contributed by atoms with van der Waals surface area (Å²) in [6.45, 7) is 4.72. The molecule has 4 rings (SSSR count). The van der Waals surface area contributed by atoms with Crippen LogP contribution in [0.25, 0.3) is 22.2 Å². The van der Waals surface area contributed by atoms with E-state index in [-0.39, 0.29) is 11.9 Å². The fraction of sp³-hybridized carbons (Fsp3) is 0.250. The highest BCUT2D eigenvalue weighted by Gasteiger charge is 2.11. The van der Waals surface area contributed by atoms with E-state index in [9.17, 15) is 4.79 Å². The number of hydrogen-bond donors (Lipinski definition) is 3. The van der Waals surface area contributed by atoms with Gasteiger partial charge in [0.25, 0.3) is 5.91 Å². The van der Waals surface area contributed by atoms with E-state index in [4.69, 9.17) is 0 Å². The van der Waals surface area contributed by atoms with Crippen LogP contribution < -0.4 is 16.0 Å². The van der Waals surface area contributed by atoms with E-state index in [1.165, 1.54) is 6.33 Å². The van der Waals surface area contributed by atoms with Gasteiger partial charge in [0.05, 0.1) is 16.8 Å². The van der Waals surface area contributed by atoms with Crippen molar-refractivity contribution in [3.8, 4) is 11.3 Å². The molecule has 1 amide bonds. The van der Waals surface area contributed by atoms with Crippen LogP contribution in [-0.2, 0) is 6.42 Å². The summed E-state index contributed by atoms with van der Waals surface area (Å²) < 4.78 is 0. The van der Waals surface area contributed by atoms with E-state index in [0.29, 0.717) is 23.9 Å². The van der Waals surface area contributed by atoms with Crippen molar-refractivity contribution in [2.24, 2.45) is 0 Å². The number of aromatic nitrogens is 5. The first-order valence-corrected chi connectivity index (χ1v) is 10.8. The topological polar surface area (TPSA) is 118 Å². The Kier molecular flexibility index (Phi) is 6.68. The second-order valence-corrected chi connectivity index (χ2v) is 7.81. The van der Waals surface area contributed by atoms with Crippen molar-refractivity contribution in [1.82, 2.24) is 30.2 Å². The summed E-state index contributed by atoms with van der Waals surface area (Å²) in [6.07, 6.45) is 7.41. The Labute approximate surface area is 192 Å². The highest BCUT2D eigenvalue weighted by atomic mass is 16.1. The van der Waals surface area contributed by atoms with E-state index in [1.54, 1.807) is 31.7 Å². The van der Waals surface area contributed by atoms with Gasteiger partial charge < -0.3 is 16.0 Å². The second-order valence-electron chi connectivity index (χ2n) is 7.81. The van der Waals surface area contributed by atoms with Gasteiger partial charge in [-0.15, -0.1) is 0 Å². The van der Waals surface area contributed by atoms with Gasteiger partial charge in [-0.3, -0.25) is 9.78 Å². The zero-order chi connectivity index (χ0) is 23.2. The summed E-state index contributed by atoms with van der Waals surface area (Å²) in [5.74, 6) is 1.18. The number of rotatable bonds is 8. The summed E-state index contributed by atoms with van der Waals surface area (Å²) >= 11 is 0. The van der Waals surface area contributed by atoms with Crippen LogP contribution in [0.5, 0.6) is 0 Å². The standard InChI is InChI=1S/C24H26N8O/c1-15(2)32-24-28-12-17(13-29-24)20-11-21(31-14-30-20)26-9-7-16-5-4-6-18-19(23(33)25-3)8-10-27-22(16)18/h4-6,8,10-15H,7,9H2,1-3H3,(H,25,33)(H,26,30,31)(H,28,29,32). The number of nitrogens with one attached hydrogen (secondary N) is 3. The van der Waals surface area contributed by atoms with Crippen LogP contribution in [0.4, 0.5) is 11.8 Å². The van der Waals surface area contributed by atoms with Crippen LogP contribution in [0.2, 0.25) is 0 Å². The minimum atomic E-state index is -0.122. The highest BCUT2D eigenvalue weighted by molar-refractivity contribution is 6.06. The first-order chi connectivity index (χ1) is 16.0. The molecule has 3 aromatic heterocycles. The third kappa shape index (κ3) is 5.20. The third-order valence-electron chi connectivity index (χ3n) is 5.06. The second kappa shape index (κ2) is 9.99. The Morgan fingerprint density at radius 3 is 2.61 bits per heavy atom. The van der Waals surface area contributed by atoms with E-state index in [2.05, 4.69) is 40.9 Å². The van der Waals surface area contributed by atoms with Gasteiger partial charge in [-0.05, 0) is 31.9 Å². The lowest BCUT2D eigenvalue weighted by molar-refractivity contribution is 0.0964. The number of benzene rings is 1. The number of amides is 1. The molecule has 0 aliphatic rings. The van der Waals surface area contributed by atoms with Crippen molar-refractivity contribution < 1.29 is 4.79 Å². The zero-order valence-corrected chi connectivity index (χ0v) is 18.8. The maximum absolute atomic E-state index is 12.2. The van der Waals surface area contributed by atoms with Crippen molar-refractivity contribution in [2.75, 3.05) is 24.2 Å². The number of hydrogen-bond acceptors (Lipinski definition) is 8. The number of carbonyl (C=O) groups is 1. The van der Waals surface area contributed by atoms with Crippen LogP contribution in [0, 0.1) is 0 Å². The predicted octanol–water partition coefficient (Wildman–Crippen LogP) is 3.32. The summed E-state index contributed by atoms with van der Waals surface area (Å²) in [6, 6.07) is 9.77. The number of pyridine rings is 1. The Morgan fingerprint density at radius 1 is 1.03 bits per heavy atom. The minimum absolute atomic E-state index is 0.122. The van der Waals surface area contributed by atoms with Crippen LogP contribution in [0.1, 0.15) is 29.8 Å². The van der Waals surface area contributed by atoms with Gasteiger partial charge in [-0.2, -0.15) is 0 Å². The van der Waals surface area contributed by atoms with E-state index < -0.39 is 0 Å². The van der Waals surface area contributed by atoms with Gasteiger partial charge in [-0.1, -0.05) is 18.2 Å². The lowest BCUT2D eigenvalue weighted by Gasteiger charge is -2.11. The molecule has 0 aliphatic heterocycles. The number of anilines is 2. The third-order valence-corrected chi connectivity index (χ3v) is 5.06. The Balaban J connectivity index is 1.45. The largest absolute Gasteiger partial charge is 0.370 e. The summed E-state index contributed by atoms with van der Waals surface area (Å²) in [7, 11) is 1.63. The average Bonchev–Trinajstić information content (AvgIpc) is 2.83. The molecule has 0 saturated heterocycles. The summed E-state index contributed by atoms with van der Waals surface area (Å²) in [5.41, 5.74) is 4.06. The van der Waals surface area contributed by atoms with Gasteiger partial charge in [0, 0.05) is 55.2 Å². The number of para-hydroxylation sites is 1. The molecule has 33 heavy (non-hydrogen) atoms. The smallest absolute Gasteiger partial charge is 0.251 e. The van der Waals surface area contributed by atoms with Gasteiger partial charge in [0.1, 0.15) is 12.1 Å². The van der Waals surface area contributed by atoms with Crippen molar-refractivity contribution >= 4 is 28.6 Å². The minimum Gasteiger partial charge on any atom is -0.370 e. The molecular weight excluding hydrogens is 416 g/mol. The highest BCUT2D eigenvalue weighted by Crippen LogP contribution is 2.22. The normalized spacial score (nSPS) is 10.9. The molecule has 0 spiro atoms. The number of nitrogens with zero attached hydrogens (tertiary/aromatic N) is 5. The molecule has 0 atom stereocenters. The zero-order valence-electron chi connectivity index (χ0n) is 18.8. The predicted molar refractivity (Wildman–Crippen MR) is 129 cm³/mol. The summed E-state index contributed by atoms with van der Waals surface area (Å²) in [4.78, 5) is 34.0. The van der Waals surface area contributed by atoms with E-state index >= 15 is 0 Å². The lowest BCUT2D eigenvalue weighted by Crippen LogP contribution is -2.18. The maximum atomic E-state index is 12.2. The Bertz CT molecular complexity index is 1260. The quantitative estimate of drug-likeness (QED) is 0.380. The van der Waals surface area contributed by atoms with Gasteiger partial charge in [0.15, 0.2) is 0 Å². The van der Waals surface area contributed by atoms with Crippen LogP contribution >= 0.6 is 0 Å². The SMILES string of the molecule is CNC(=O)c1ccnc2c(CCNc3cc(-c4cnc(NC(C)C)nc4)ncn3)cccc12. The number of carbonyl (C=O) groups excluding carboxylic acids is 1. The first kappa shape index (κ1) is 22.1. The first-order valence-electron chi connectivity index (χ1n) is 10.8. The van der Waals surface area contributed by atoms with E-state index in [1.807, 2.05) is 38.1 Å². The molecule has 4 aromatic rings. The van der Waals surface area contributed by atoms with Crippen LogP contribution in [0.3, 0.4) is 0 Å². The average molecular weight is 443 g/mol. The molecule has 0 unspecified atom stereocenters. The van der Waals surface area contributed by atoms with Crippen molar-refractivity contribution in [1.29, 1.82) is 0 Å². The van der Waals surface area contributed by atoms with Gasteiger partial charge in [-0.25, -0.2) is 19.9 Å². The molecule has 0 fully saturated rings. The Morgan fingerprint density at radius 2 is 1.85 bits per heavy atom. The fourth-order valence-corrected chi connectivity index (χ4v) is 3.50. The molecule has 1 aromatic carbocycles. The molecule has 9 heteroatoms. The van der Waals surface area contributed by atoms with Crippen LogP contribution in [0.15, 0.2) is 55.2 Å². The molecule has 0 bridgehead atoms. The lowest BCUT2D eigenvalue weighted by atomic mass is 10.0. The molecule has 0 radical (unpaired) electrons. The van der Waals surface area contributed by atoms with Crippen molar-refractivity contribution in [2.45, 2.75) is 26.3 Å². The molecular formula is C24H26N8O. The van der Waals surface area contributed by atoms with Crippen molar-refractivity contribution in [3.63, 3.8) is 0 Å². The summed E-state index contributed by atoms with van der Waals surface area (Å²) in [5, 5.41) is 10.0. The molecule has 0 saturated carbocycles. The molecule has 168 valence electrons. The van der Waals surface area contributed by atoms with Crippen LogP contribution in [-0.4, -0.2) is 50.5 Å². The maximum Gasteiger partial charge on any atom is 0.251 e. The van der Waals surface area contributed by atoms with Gasteiger partial charge in [0.2, 0.25) is 5.95 Å². The fourth-order valence-electron chi connectivity index (χ4n) is 3.50. The Hall–Kier alpha value is -4.14. The monoisotopic (exact) mass is 442 g/mol. The molecule has 9 nitrogen and oxygen atoms in total.